The lowest BCUT2D eigenvalue weighted by molar-refractivity contribution is 0.101. The van der Waals surface area contributed by atoms with Gasteiger partial charge in [0.05, 0.1) is 7.11 Å². The second-order valence-electron chi connectivity index (χ2n) is 5.42. The van der Waals surface area contributed by atoms with Gasteiger partial charge in [0.2, 0.25) is 0 Å². The predicted molar refractivity (Wildman–Crippen MR) is 94.2 cm³/mol. The molecule has 126 valence electrons. The fourth-order valence-corrected chi connectivity index (χ4v) is 2.26. The van der Waals surface area contributed by atoms with Gasteiger partial charge in [-0.3, -0.25) is 4.79 Å². The highest BCUT2D eigenvalue weighted by Crippen LogP contribution is 2.21. The van der Waals surface area contributed by atoms with E-state index in [1.54, 1.807) is 25.3 Å². The van der Waals surface area contributed by atoms with E-state index in [1.165, 1.54) is 12.5 Å². The summed E-state index contributed by atoms with van der Waals surface area (Å²) >= 11 is 0. The van der Waals surface area contributed by atoms with E-state index in [1.807, 2.05) is 30.3 Å². The molecule has 0 heterocycles. The molecule has 0 saturated heterocycles. The minimum atomic E-state index is -0.00946. The lowest BCUT2D eigenvalue weighted by atomic mass is 10.1. The van der Waals surface area contributed by atoms with E-state index in [2.05, 4.69) is 5.16 Å². The monoisotopic (exact) mass is 326 g/mol. The quantitative estimate of drug-likeness (QED) is 0.349. The Bertz CT molecular complexity index is 712. The zero-order chi connectivity index (χ0) is 17.4. The molecule has 0 aliphatic heterocycles. The van der Waals surface area contributed by atoms with Crippen molar-refractivity contribution >= 4 is 11.6 Å². The molecule has 2 rings (SSSR count). The Labute approximate surface area is 142 Å². The van der Waals surface area contributed by atoms with E-state index >= 15 is 0 Å². The fourth-order valence-electron chi connectivity index (χ4n) is 2.26. The predicted octanol–water partition coefficient (Wildman–Crippen LogP) is 3.32. The van der Waals surface area contributed by atoms with Crippen LogP contribution in [0.1, 0.15) is 34.8 Å². The molecule has 0 radical (unpaired) electrons. The molecule has 0 fully saturated rings. The van der Waals surface area contributed by atoms with Crippen LogP contribution in [-0.2, 0) is 17.9 Å². The summed E-state index contributed by atoms with van der Waals surface area (Å²) in [7, 11) is 1.57. The van der Waals surface area contributed by atoms with Crippen LogP contribution in [0.3, 0.4) is 0 Å². The second kappa shape index (κ2) is 8.72. The van der Waals surface area contributed by atoms with Gasteiger partial charge in [-0.15, -0.1) is 0 Å². The molecule has 2 N–H and O–H groups in total. The Hall–Kier alpha value is -2.82. The van der Waals surface area contributed by atoms with Crippen molar-refractivity contribution in [2.24, 2.45) is 10.9 Å². The molecule has 5 nitrogen and oxygen atoms in total. The third-order valence-corrected chi connectivity index (χ3v) is 3.60. The van der Waals surface area contributed by atoms with Crippen LogP contribution in [0, 0.1) is 0 Å². The number of carbonyl (C=O) groups excluding carboxylic acids is 1. The minimum absolute atomic E-state index is 0.00946. The van der Waals surface area contributed by atoms with Crippen LogP contribution in [0.5, 0.6) is 5.75 Å². The van der Waals surface area contributed by atoms with Crippen LogP contribution < -0.4 is 10.5 Å². The summed E-state index contributed by atoms with van der Waals surface area (Å²) in [6.45, 7) is 1.71. The van der Waals surface area contributed by atoms with Gasteiger partial charge in [-0.2, -0.15) is 0 Å². The summed E-state index contributed by atoms with van der Waals surface area (Å²) in [6, 6.07) is 15.3. The highest BCUT2D eigenvalue weighted by molar-refractivity contribution is 5.94. The number of ether oxygens (including phenoxy) is 1. The fraction of sp³-hybridized carbons (Fsp3) is 0.263. The maximum atomic E-state index is 11.5. The SMILES string of the molecule is COc1ccc(C(C)=O)cc1CO/N=C(\N)CCc1ccccc1. The molecule has 0 spiro atoms. The van der Waals surface area contributed by atoms with E-state index in [0.29, 0.717) is 23.6 Å². The van der Waals surface area contributed by atoms with Crippen LogP contribution in [0.15, 0.2) is 53.7 Å². The smallest absolute Gasteiger partial charge is 0.159 e. The van der Waals surface area contributed by atoms with E-state index in [9.17, 15) is 4.79 Å². The van der Waals surface area contributed by atoms with Gasteiger partial charge in [0.15, 0.2) is 5.78 Å². The van der Waals surface area contributed by atoms with E-state index in [-0.39, 0.29) is 12.4 Å². The van der Waals surface area contributed by atoms with Crippen LogP contribution >= 0.6 is 0 Å². The maximum Gasteiger partial charge on any atom is 0.159 e. The number of Topliss-reactive ketones (excluding diaryl/α,β-unsaturated/α-hetero) is 1. The van der Waals surface area contributed by atoms with Gasteiger partial charge in [-0.25, -0.2) is 0 Å². The van der Waals surface area contributed by atoms with Gasteiger partial charge in [-0.1, -0.05) is 35.5 Å². The zero-order valence-corrected chi connectivity index (χ0v) is 14.0. The van der Waals surface area contributed by atoms with Crippen molar-refractivity contribution in [3.05, 3.63) is 65.2 Å². The van der Waals surface area contributed by atoms with Crippen molar-refractivity contribution in [1.82, 2.24) is 0 Å². The normalized spacial score (nSPS) is 11.2. The van der Waals surface area contributed by atoms with Crippen molar-refractivity contribution in [2.45, 2.75) is 26.4 Å². The van der Waals surface area contributed by atoms with Gasteiger partial charge < -0.3 is 15.3 Å². The molecular weight excluding hydrogens is 304 g/mol. The van der Waals surface area contributed by atoms with E-state index in [4.69, 9.17) is 15.3 Å². The zero-order valence-electron chi connectivity index (χ0n) is 14.0. The summed E-state index contributed by atoms with van der Waals surface area (Å²) in [5.74, 6) is 1.07. The van der Waals surface area contributed by atoms with Crippen molar-refractivity contribution in [2.75, 3.05) is 7.11 Å². The standard InChI is InChI=1S/C19H22N2O3/c1-14(22)16-9-10-18(23-2)17(12-16)13-24-21-19(20)11-8-15-6-4-3-5-7-15/h3-7,9-10,12H,8,11,13H2,1-2H3,(H2,20,21). The Balaban J connectivity index is 1.92. The van der Waals surface area contributed by atoms with E-state index < -0.39 is 0 Å². The van der Waals surface area contributed by atoms with Gasteiger partial charge in [-0.05, 0) is 37.1 Å². The molecule has 0 unspecified atom stereocenters. The van der Waals surface area contributed by atoms with Gasteiger partial charge in [0, 0.05) is 17.5 Å². The minimum Gasteiger partial charge on any atom is -0.496 e. The molecule has 2 aromatic rings. The van der Waals surface area contributed by atoms with Crippen LogP contribution in [-0.4, -0.2) is 18.7 Å². The first-order valence-corrected chi connectivity index (χ1v) is 7.76. The molecule has 2 aromatic carbocycles. The topological polar surface area (TPSA) is 73.9 Å². The Kier molecular flexibility index (Phi) is 6.37. The largest absolute Gasteiger partial charge is 0.496 e. The van der Waals surface area contributed by atoms with Crippen LogP contribution in [0.25, 0.3) is 0 Å². The van der Waals surface area contributed by atoms with Crippen molar-refractivity contribution in [3.63, 3.8) is 0 Å². The number of amidine groups is 1. The Morgan fingerprint density at radius 3 is 2.58 bits per heavy atom. The lowest BCUT2D eigenvalue weighted by Crippen LogP contribution is -2.13. The molecule has 0 amide bonds. The van der Waals surface area contributed by atoms with Crippen molar-refractivity contribution in [3.8, 4) is 5.75 Å². The Morgan fingerprint density at radius 1 is 1.17 bits per heavy atom. The molecule has 0 saturated carbocycles. The third-order valence-electron chi connectivity index (χ3n) is 3.60. The second-order valence-corrected chi connectivity index (χ2v) is 5.42. The number of methoxy groups -OCH3 is 1. The molecule has 0 bridgehead atoms. The number of carbonyl (C=O) groups is 1. The molecule has 5 heteroatoms. The molecule has 0 aromatic heterocycles. The van der Waals surface area contributed by atoms with Gasteiger partial charge in [0.25, 0.3) is 0 Å². The molecule has 0 atom stereocenters. The molecule has 0 aliphatic rings. The summed E-state index contributed by atoms with van der Waals surface area (Å²) in [6.07, 6.45) is 1.43. The summed E-state index contributed by atoms with van der Waals surface area (Å²) in [5, 5.41) is 3.94. The highest BCUT2D eigenvalue weighted by Gasteiger charge is 2.08. The number of hydrogen-bond acceptors (Lipinski definition) is 4. The third kappa shape index (κ3) is 5.12. The molecule has 0 aliphatic carbocycles. The first-order valence-electron chi connectivity index (χ1n) is 7.76. The first-order chi connectivity index (χ1) is 11.6. The van der Waals surface area contributed by atoms with Gasteiger partial charge in [0.1, 0.15) is 18.2 Å². The number of hydrogen-bond donors (Lipinski definition) is 1. The number of benzene rings is 2. The number of ketones is 1. The van der Waals surface area contributed by atoms with Crippen LogP contribution in [0.2, 0.25) is 0 Å². The van der Waals surface area contributed by atoms with Crippen LogP contribution in [0.4, 0.5) is 0 Å². The van der Waals surface area contributed by atoms with Crippen molar-refractivity contribution in [1.29, 1.82) is 0 Å². The van der Waals surface area contributed by atoms with E-state index in [0.717, 1.165) is 12.0 Å². The average Bonchev–Trinajstić information content (AvgIpc) is 2.60. The molecule has 24 heavy (non-hydrogen) atoms. The summed E-state index contributed by atoms with van der Waals surface area (Å²) in [4.78, 5) is 16.8. The summed E-state index contributed by atoms with van der Waals surface area (Å²) in [5.41, 5.74) is 8.44. The number of nitrogens with zero attached hydrogens (tertiary/aromatic N) is 1. The van der Waals surface area contributed by atoms with Crippen molar-refractivity contribution < 1.29 is 14.4 Å². The summed E-state index contributed by atoms with van der Waals surface area (Å²) < 4.78 is 5.27. The molecular formula is C19H22N2O3. The Morgan fingerprint density at radius 2 is 1.92 bits per heavy atom. The first kappa shape index (κ1) is 17.5. The lowest BCUT2D eigenvalue weighted by Gasteiger charge is -2.09. The maximum absolute atomic E-state index is 11.5. The average molecular weight is 326 g/mol. The number of rotatable bonds is 8. The number of nitrogens with two attached hydrogens (primary N) is 1. The highest BCUT2D eigenvalue weighted by atomic mass is 16.6. The number of oxime groups is 1. The van der Waals surface area contributed by atoms with Gasteiger partial charge >= 0.3 is 0 Å². The number of aryl methyl sites for hydroxylation is 1.